The lowest BCUT2D eigenvalue weighted by Crippen LogP contribution is -2.25. The number of rotatable bonds is 8. The van der Waals surface area contributed by atoms with Crippen LogP contribution in [-0.2, 0) is 13.1 Å². The van der Waals surface area contributed by atoms with E-state index in [0.29, 0.717) is 41.7 Å². The molecule has 0 saturated carbocycles. The first-order valence-electron chi connectivity index (χ1n) is 10.1. The summed E-state index contributed by atoms with van der Waals surface area (Å²) in [5, 5.41) is 0. The highest BCUT2D eigenvalue weighted by Crippen LogP contribution is 2.38. The number of hydrogen-bond acceptors (Lipinski definition) is 8. The first-order valence-corrected chi connectivity index (χ1v) is 10.1. The van der Waals surface area contributed by atoms with Crippen LogP contribution in [0.5, 0.6) is 11.5 Å². The maximum absolute atomic E-state index is 6.14. The van der Waals surface area contributed by atoms with Crippen molar-refractivity contribution >= 4 is 11.8 Å². The summed E-state index contributed by atoms with van der Waals surface area (Å²) >= 11 is 0. The van der Waals surface area contributed by atoms with Crippen molar-refractivity contribution in [3.05, 3.63) is 84.4 Å². The zero-order valence-electron chi connectivity index (χ0n) is 18.0. The van der Waals surface area contributed by atoms with Gasteiger partial charge in [-0.2, -0.15) is 4.98 Å². The van der Waals surface area contributed by atoms with Crippen LogP contribution < -0.4 is 20.1 Å². The standard InChI is InChI=1S/C24H24N6O2/c1-31-20-10-7-11-21(32-2)23(20)19-14-22(29-24(25)28-19)30(15-17-8-3-5-12-26-17)16-18-9-4-6-13-27-18/h3-14H,15-16H2,1-2H3,(H2,25,28,29). The molecule has 8 nitrogen and oxygen atoms in total. The molecule has 0 aliphatic heterocycles. The predicted octanol–water partition coefficient (Wildman–Crippen LogP) is 3.74. The van der Waals surface area contributed by atoms with Crippen molar-refractivity contribution in [2.75, 3.05) is 24.9 Å². The molecule has 3 aromatic heterocycles. The fourth-order valence-corrected chi connectivity index (χ4v) is 3.44. The van der Waals surface area contributed by atoms with E-state index < -0.39 is 0 Å². The van der Waals surface area contributed by atoms with E-state index in [9.17, 15) is 0 Å². The van der Waals surface area contributed by atoms with Gasteiger partial charge >= 0.3 is 0 Å². The van der Waals surface area contributed by atoms with Crippen molar-refractivity contribution in [1.82, 2.24) is 19.9 Å². The summed E-state index contributed by atoms with van der Waals surface area (Å²) in [5.41, 5.74) is 9.26. The monoisotopic (exact) mass is 428 g/mol. The third-order valence-corrected chi connectivity index (χ3v) is 4.90. The van der Waals surface area contributed by atoms with Gasteiger partial charge in [-0.1, -0.05) is 18.2 Å². The quantitative estimate of drug-likeness (QED) is 0.453. The van der Waals surface area contributed by atoms with E-state index in [1.165, 1.54) is 0 Å². The Bertz CT molecular complexity index is 1110. The van der Waals surface area contributed by atoms with Gasteiger partial charge in [-0.05, 0) is 36.4 Å². The Balaban J connectivity index is 1.79. The number of nitrogens with two attached hydrogens (primary N) is 1. The van der Waals surface area contributed by atoms with Gasteiger partial charge in [-0.15, -0.1) is 0 Å². The van der Waals surface area contributed by atoms with Gasteiger partial charge in [0.25, 0.3) is 0 Å². The highest BCUT2D eigenvalue weighted by molar-refractivity contribution is 5.76. The molecule has 0 fully saturated rings. The number of hydrogen-bond donors (Lipinski definition) is 1. The molecule has 0 bridgehead atoms. The van der Waals surface area contributed by atoms with Gasteiger partial charge in [-0.25, -0.2) is 4.98 Å². The van der Waals surface area contributed by atoms with E-state index in [4.69, 9.17) is 15.2 Å². The molecule has 162 valence electrons. The molecular weight excluding hydrogens is 404 g/mol. The topological polar surface area (TPSA) is 99.3 Å². The first kappa shape index (κ1) is 21.0. The molecule has 32 heavy (non-hydrogen) atoms. The van der Waals surface area contributed by atoms with E-state index in [1.54, 1.807) is 26.6 Å². The number of methoxy groups -OCH3 is 2. The second kappa shape index (κ2) is 9.74. The Morgan fingerprint density at radius 3 is 1.88 bits per heavy atom. The van der Waals surface area contributed by atoms with Crippen molar-refractivity contribution in [1.29, 1.82) is 0 Å². The van der Waals surface area contributed by atoms with Crippen LogP contribution in [-0.4, -0.2) is 34.2 Å². The molecule has 0 aliphatic rings. The van der Waals surface area contributed by atoms with Gasteiger partial charge in [0.2, 0.25) is 5.95 Å². The number of ether oxygens (including phenoxy) is 2. The Kier molecular flexibility index (Phi) is 6.41. The molecule has 0 aliphatic carbocycles. The molecule has 0 amide bonds. The highest BCUT2D eigenvalue weighted by Gasteiger charge is 2.19. The molecule has 4 aromatic rings. The molecular formula is C24H24N6O2. The SMILES string of the molecule is COc1cccc(OC)c1-c1cc(N(Cc2ccccn2)Cc2ccccn2)nc(N)n1. The van der Waals surface area contributed by atoms with Crippen LogP contribution >= 0.6 is 0 Å². The van der Waals surface area contributed by atoms with Crippen molar-refractivity contribution in [2.45, 2.75) is 13.1 Å². The minimum atomic E-state index is 0.150. The number of nitrogens with zero attached hydrogens (tertiary/aromatic N) is 5. The van der Waals surface area contributed by atoms with E-state index in [0.717, 1.165) is 11.4 Å². The number of anilines is 2. The van der Waals surface area contributed by atoms with Gasteiger partial charge in [0.1, 0.15) is 17.3 Å². The van der Waals surface area contributed by atoms with Crippen LogP contribution in [0.3, 0.4) is 0 Å². The largest absolute Gasteiger partial charge is 0.496 e. The van der Waals surface area contributed by atoms with Crippen LogP contribution in [0, 0.1) is 0 Å². The number of benzene rings is 1. The molecule has 8 heteroatoms. The average molecular weight is 428 g/mol. The fraction of sp³-hybridized carbons (Fsp3) is 0.167. The first-order chi connectivity index (χ1) is 15.7. The van der Waals surface area contributed by atoms with Crippen molar-refractivity contribution in [2.24, 2.45) is 0 Å². The van der Waals surface area contributed by atoms with E-state index in [-0.39, 0.29) is 5.95 Å². The minimum absolute atomic E-state index is 0.150. The Morgan fingerprint density at radius 2 is 1.38 bits per heavy atom. The van der Waals surface area contributed by atoms with Crippen molar-refractivity contribution < 1.29 is 9.47 Å². The molecule has 1 aromatic carbocycles. The van der Waals surface area contributed by atoms with E-state index >= 15 is 0 Å². The fourth-order valence-electron chi connectivity index (χ4n) is 3.44. The molecule has 0 spiro atoms. The lowest BCUT2D eigenvalue weighted by Gasteiger charge is -2.24. The number of nitrogen functional groups attached to an aromatic ring is 1. The zero-order chi connectivity index (χ0) is 22.3. The number of aromatic nitrogens is 4. The van der Waals surface area contributed by atoms with Crippen LogP contribution in [0.4, 0.5) is 11.8 Å². The smallest absolute Gasteiger partial charge is 0.222 e. The summed E-state index contributed by atoms with van der Waals surface area (Å²) in [7, 11) is 3.22. The summed E-state index contributed by atoms with van der Waals surface area (Å²) in [6, 6.07) is 19.1. The normalized spacial score (nSPS) is 10.6. The maximum atomic E-state index is 6.14. The summed E-state index contributed by atoms with van der Waals surface area (Å²) in [6.45, 7) is 1.05. The lowest BCUT2D eigenvalue weighted by atomic mass is 10.1. The molecule has 0 atom stereocenters. The average Bonchev–Trinajstić information content (AvgIpc) is 2.84. The molecule has 0 unspecified atom stereocenters. The lowest BCUT2D eigenvalue weighted by molar-refractivity contribution is 0.397. The van der Waals surface area contributed by atoms with Gasteiger partial charge in [0.05, 0.1) is 50.0 Å². The van der Waals surface area contributed by atoms with Crippen molar-refractivity contribution in [3.8, 4) is 22.8 Å². The van der Waals surface area contributed by atoms with Gasteiger partial charge in [0.15, 0.2) is 0 Å². The zero-order valence-corrected chi connectivity index (χ0v) is 18.0. The molecule has 3 heterocycles. The third kappa shape index (κ3) is 4.75. The molecule has 0 saturated heterocycles. The van der Waals surface area contributed by atoms with Crippen LogP contribution in [0.15, 0.2) is 73.1 Å². The minimum Gasteiger partial charge on any atom is -0.496 e. The molecule has 0 radical (unpaired) electrons. The van der Waals surface area contributed by atoms with Gasteiger partial charge in [-0.3, -0.25) is 9.97 Å². The number of pyridine rings is 2. The Hall–Kier alpha value is -4.20. The van der Waals surface area contributed by atoms with Crippen LogP contribution in [0.25, 0.3) is 11.3 Å². The summed E-state index contributed by atoms with van der Waals surface area (Å²) in [5.74, 6) is 2.07. The highest BCUT2D eigenvalue weighted by atomic mass is 16.5. The second-order valence-corrected chi connectivity index (χ2v) is 7.01. The molecule has 2 N–H and O–H groups in total. The van der Waals surface area contributed by atoms with E-state index in [2.05, 4.69) is 24.8 Å². The van der Waals surface area contributed by atoms with Crippen LogP contribution in [0.2, 0.25) is 0 Å². The Labute approximate surface area is 186 Å². The Morgan fingerprint density at radius 1 is 0.781 bits per heavy atom. The summed E-state index contributed by atoms with van der Waals surface area (Å²) < 4.78 is 11.1. The van der Waals surface area contributed by atoms with Gasteiger partial charge < -0.3 is 20.1 Å². The predicted molar refractivity (Wildman–Crippen MR) is 123 cm³/mol. The van der Waals surface area contributed by atoms with Crippen molar-refractivity contribution in [3.63, 3.8) is 0 Å². The second-order valence-electron chi connectivity index (χ2n) is 7.01. The van der Waals surface area contributed by atoms with Gasteiger partial charge in [0, 0.05) is 18.5 Å². The van der Waals surface area contributed by atoms with Crippen LogP contribution in [0.1, 0.15) is 11.4 Å². The van der Waals surface area contributed by atoms with E-state index in [1.807, 2.05) is 60.7 Å². The maximum Gasteiger partial charge on any atom is 0.222 e. The summed E-state index contributed by atoms with van der Waals surface area (Å²) in [6.07, 6.45) is 3.54. The third-order valence-electron chi connectivity index (χ3n) is 4.90. The summed E-state index contributed by atoms with van der Waals surface area (Å²) in [4.78, 5) is 20.0. The molecule has 4 rings (SSSR count).